The number of unbranched alkanes of at least 4 members (excludes halogenated alkanes) is 2. The van der Waals surface area contributed by atoms with Gasteiger partial charge in [0.1, 0.15) is 0 Å². The van der Waals surface area contributed by atoms with Crippen molar-refractivity contribution >= 4 is 28.2 Å². The minimum atomic E-state index is -0.373. The number of nitrogens with one attached hydrogen (secondary N) is 1. The van der Waals surface area contributed by atoms with E-state index in [9.17, 15) is 0 Å². The number of para-hydroxylation sites is 1. The van der Waals surface area contributed by atoms with Gasteiger partial charge >= 0.3 is 0 Å². The third kappa shape index (κ3) is 4.21. The lowest BCUT2D eigenvalue weighted by Gasteiger charge is -2.19. The molecule has 0 bridgehead atoms. The summed E-state index contributed by atoms with van der Waals surface area (Å²) in [7, 11) is 0. The quantitative estimate of drug-likeness (QED) is 0.280. The second kappa shape index (κ2) is 8.94. The van der Waals surface area contributed by atoms with Gasteiger partial charge in [0.25, 0.3) is 0 Å². The molecule has 0 amide bonds. The predicted octanol–water partition coefficient (Wildman–Crippen LogP) is 6.48. The van der Waals surface area contributed by atoms with Crippen molar-refractivity contribution < 1.29 is 4.74 Å². The molecule has 5 rings (SSSR count). The molecule has 0 saturated carbocycles. The molecule has 6 heteroatoms. The molecular weight excluding hydrogens is 404 g/mol. The maximum absolute atomic E-state index is 6.40. The zero-order chi connectivity index (χ0) is 21.0. The van der Waals surface area contributed by atoms with Crippen molar-refractivity contribution in [2.45, 2.75) is 37.6 Å². The molecule has 5 nitrogen and oxygen atoms in total. The van der Waals surface area contributed by atoms with E-state index >= 15 is 0 Å². The normalized spacial score (nSPS) is 14.8. The Morgan fingerprint density at radius 3 is 2.68 bits per heavy atom. The van der Waals surface area contributed by atoms with Crippen molar-refractivity contribution in [1.29, 1.82) is 0 Å². The first kappa shape index (κ1) is 19.8. The van der Waals surface area contributed by atoms with Gasteiger partial charge in [0.05, 0.1) is 0 Å². The number of hydrogen-bond donors (Lipinski definition) is 1. The van der Waals surface area contributed by atoms with Crippen LogP contribution in [0.25, 0.3) is 22.0 Å². The summed E-state index contributed by atoms with van der Waals surface area (Å²) in [6, 6.07) is 22.8. The fourth-order valence-electron chi connectivity index (χ4n) is 3.75. The van der Waals surface area contributed by atoms with E-state index in [-0.39, 0.29) is 6.23 Å². The van der Waals surface area contributed by atoms with Crippen LogP contribution in [0, 0.1) is 0 Å². The number of thioether (sulfide) groups is 1. The van der Waals surface area contributed by atoms with Crippen molar-refractivity contribution in [2.75, 3.05) is 11.1 Å². The Bertz CT molecular complexity index is 1210. The molecule has 1 N–H and O–H groups in total. The van der Waals surface area contributed by atoms with Crippen LogP contribution in [-0.2, 0) is 0 Å². The molecule has 156 valence electrons. The molecule has 2 heterocycles. The molecule has 0 spiro atoms. The van der Waals surface area contributed by atoms with Gasteiger partial charge in [-0.05, 0) is 29.3 Å². The first-order valence-corrected chi connectivity index (χ1v) is 11.7. The minimum absolute atomic E-state index is 0.373. The van der Waals surface area contributed by atoms with Crippen LogP contribution in [0.15, 0.2) is 71.9 Å². The first-order chi connectivity index (χ1) is 15.3. The molecule has 1 aliphatic rings. The van der Waals surface area contributed by atoms with Gasteiger partial charge < -0.3 is 10.1 Å². The largest absolute Gasteiger partial charge is 0.448 e. The summed E-state index contributed by atoms with van der Waals surface area (Å²) < 4.78 is 6.40. The fourth-order valence-corrected chi connectivity index (χ4v) is 4.52. The highest BCUT2D eigenvalue weighted by Crippen LogP contribution is 2.39. The number of rotatable bonds is 6. The lowest BCUT2D eigenvalue weighted by Crippen LogP contribution is -2.17. The number of hydrogen-bond acceptors (Lipinski definition) is 6. The Labute approximate surface area is 186 Å². The second-order valence-electron chi connectivity index (χ2n) is 7.60. The average Bonchev–Trinajstić information content (AvgIpc) is 2.98. The van der Waals surface area contributed by atoms with Crippen molar-refractivity contribution in [3.05, 3.63) is 72.3 Å². The van der Waals surface area contributed by atoms with Gasteiger partial charge in [-0.25, -0.2) is 0 Å². The number of benzene rings is 3. The Morgan fingerprint density at radius 2 is 1.77 bits per heavy atom. The Kier molecular flexibility index (Phi) is 5.71. The maximum Gasteiger partial charge on any atom is 0.247 e. The summed E-state index contributed by atoms with van der Waals surface area (Å²) in [5.41, 5.74) is 3.61. The van der Waals surface area contributed by atoms with Crippen molar-refractivity contribution in [1.82, 2.24) is 15.2 Å². The molecule has 0 aliphatic carbocycles. The van der Waals surface area contributed by atoms with Gasteiger partial charge in [-0.15, -0.1) is 10.2 Å². The van der Waals surface area contributed by atoms with Crippen LogP contribution in [-0.4, -0.2) is 20.9 Å². The van der Waals surface area contributed by atoms with E-state index in [1.54, 1.807) is 11.8 Å². The molecule has 1 unspecified atom stereocenters. The molecule has 31 heavy (non-hydrogen) atoms. The van der Waals surface area contributed by atoms with Gasteiger partial charge in [0.15, 0.2) is 11.9 Å². The van der Waals surface area contributed by atoms with Gasteiger partial charge in [-0.2, -0.15) is 4.98 Å². The van der Waals surface area contributed by atoms with Crippen LogP contribution in [0.3, 0.4) is 0 Å². The number of aromatic nitrogens is 3. The monoisotopic (exact) mass is 428 g/mol. The number of fused-ring (bicyclic) bond motifs is 4. The van der Waals surface area contributed by atoms with Crippen LogP contribution in [0.5, 0.6) is 5.88 Å². The molecule has 0 fully saturated rings. The van der Waals surface area contributed by atoms with Crippen LogP contribution in [0.4, 0.5) is 5.69 Å². The summed E-state index contributed by atoms with van der Waals surface area (Å²) >= 11 is 1.64. The first-order valence-electron chi connectivity index (χ1n) is 10.7. The summed E-state index contributed by atoms with van der Waals surface area (Å²) in [5, 5.41) is 15.4. The fraction of sp³-hybridized carbons (Fsp3) is 0.240. The molecule has 4 aromatic rings. The zero-order valence-electron chi connectivity index (χ0n) is 17.4. The molecule has 0 radical (unpaired) electrons. The van der Waals surface area contributed by atoms with Gasteiger partial charge in [0, 0.05) is 22.6 Å². The average molecular weight is 429 g/mol. The van der Waals surface area contributed by atoms with E-state index in [0.717, 1.165) is 29.0 Å². The zero-order valence-corrected chi connectivity index (χ0v) is 18.2. The molecule has 1 aromatic heterocycles. The van der Waals surface area contributed by atoms with E-state index < -0.39 is 0 Å². The van der Waals surface area contributed by atoms with E-state index in [1.165, 1.54) is 23.6 Å². The van der Waals surface area contributed by atoms with Crippen molar-refractivity contribution in [3.8, 4) is 17.1 Å². The number of ether oxygens (including phenoxy) is 1. The summed E-state index contributed by atoms with van der Waals surface area (Å²) in [5.74, 6) is 1.50. The topological polar surface area (TPSA) is 59.9 Å². The lowest BCUT2D eigenvalue weighted by molar-refractivity contribution is 0.225. The van der Waals surface area contributed by atoms with Crippen LogP contribution < -0.4 is 10.1 Å². The smallest absolute Gasteiger partial charge is 0.247 e. The molecule has 0 saturated heterocycles. The number of nitrogens with zero attached hydrogens (tertiary/aromatic N) is 3. The van der Waals surface area contributed by atoms with E-state index in [0.29, 0.717) is 16.7 Å². The van der Waals surface area contributed by atoms with E-state index in [1.807, 2.05) is 24.3 Å². The van der Waals surface area contributed by atoms with Gasteiger partial charge in [-0.3, -0.25) is 0 Å². The lowest BCUT2D eigenvalue weighted by atomic mass is 10.1. The van der Waals surface area contributed by atoms with Gasteiger partial charge in [-0.1, -0.05) is 86.1 Å². The molecular formula is C25H24N4OS. The predicted molar refractivity (Wildman–Crippen MR) is 126 cm³/mol. The molecule has 3 aromatic carbocycles. The highest BCUT2D eigenvalue weighted by molar-refractivity contribution is 7.99. The Hall–Kier alpha value is -3.12. The maximum atomic E-state index is 6.40. The summed E-state index contributed by atoms with van der Waals surface area (Å²) in [6.07, 6.45) is 3.18. The second-order valence-corrected chi connectivity index (χ2v) is 8.66. The Balaban J connectivity index is 1.51. The third-order valence-electron chi connectivity index (χ3n) is 5.39. The van der Waals surface area contributed by atoms with Gasteiger partial charge in [0.2, 0.25) is 11.0 Å². The summed E-state index contributed by atoms with van der Waals surface area (Å²) in [6.45, 7) is 2.20. The molecule has 1 aliphatic heterocycles. The van der Waals surface area contributed by atoms with Crippen molar-refractivity contribution in [3.63, 3.8) is 0 Å². The highest BCUT2D eigenvalue weighted by atomic mass is 32.2. The van der Waals surface area contributed by atoms with E-state index in [4.69, 9.17) is 9.72 Å². The minimum Gasteiger partial charge on any atom is -0.448 e. The highest BCUT2D eigenvalue weighted by Gasteiger charge is 2.26. The SMILES string of the molecule is CCCCCSc1nnc2c(n1)OC(c1ccc3ccccc3c1)Nc1ccccc1-2. The van der Waals surface area contributed by atoms with Crippen LogP contribution >= 0.6 is 11.8 Å². The van der Waals surface area contributed by atoms with Crippen LogP contribution in [0.2, 0.25) is 0 Å². The summed E-state index contributed by atoms with van der Waals surface area (Å²) in [4.78, 5) is 4.73. The van der Waals surface area contributed by atoms with Crippen LogP contribution in [0.1, 0.15) is 38.0 Å². The third-order valence-corrected chi connectivity index (χ3v) is 6.31. The van der Waals surface area contributed by atoms with Crippen molar-refractivity contribution in [2.24, 2.45) is 0 Å². The van der Waals surface area contributed by atoms with E-state index in [2.05, 4.69) is 64.9 Å². The standard InChI is InChI=1S/C25H24N4OS/c1-2-3-8-15-31-25-27-24-22(28-29-25)20-11-6-7-12-21(20)26-23(30-24)19-14-13-17-9-4-5-10-18(17)16-19/h4-7,9-14,16,23,26H,2-3,8,15H2,1H3. The Morgan fingerprint density at radius 1 is 0.935 bits per heavy atom. The number of anilines is 1. The molecule has 1 atom stereocenters.